The molecule has 2 aliphatic carbocycles. The Kier molecular flexibility index (Phi) is 5.32. The molecule has 30 heavy (non-hydrogen) atoms. The van der Waals surface area contributed by atoms with E-state index in [-0.39, 0.29) is 11.9 Å². The van der Waals surface area contributed by atoms with Gasteiger partial charge in [-0.25, -0.2) is 4.79 Å². The highest BCUT2D eigenvalue weighted by Crippen LogP contribution is 2.44. The lowest BCUT2D eigenvalue weighted by Gasteiger charge is -2.34. The van der Waals surface area contributed by atoms with Crippen LogP contribution in [0.1, 0.15) is 63.4 Å². The van der Waals surface area contributed by atoms with Gasteiger partial charge in [0.15, 0.2) is 11.5 Å². The van der Waals surface area contributed by atoms with Gasteiger partial charge < -0.3 is 15.2 Å². The van der Waals surface area contributed by atoms with Crippen molar-refractivity contribution < 1.29 is 24.4 Å². The summed E-state index contributed by atoms with van der Waals surface area (Å²) in [5.74, 6) is -1.81. The van der Waals surface area contributed by atoms with Crippen molar-refractivity contribution in [3.05, 3.63) is 56.4 Å². The molecule has 1 heterocycles. The molecule has 0 radical (unpaired) electrons. The molecule has 0 aromatic heterocycles. The van der Waals surface area contributed by atoms with Crippen LogP contribution in [0.5, 0.6) is 5.75 Å². The zero-order valence-corrected chi connectivity index (χ0v) is 16.8. The minimum atomic E-state index is -0.762. The number of phenols is 1. The molecule has 0 spiro atoms. The summed E-state index contributed by atoms with van der Waals surface area (Å²) in [5, 5.41) is 24.4. The number of aromatic hydroxyl groups is 1. The number of nitrogens with zero attached hydrogens (tertiary/aromatic N) is 1. The van der Waals surface area contributed by atoms with Gasteiger partial charge in [-0.3, -0.25) is 14.9 Å². The van der Waals surface area contributed by atoms with Crippen LogP contribution in [0.3, 0.4) is 0 Å². The van der Waals surface area contributed by atoms with E-state index < -0.39 is 28.2 Å². The Labute approximate surface area is 173 Å². The molecule has 0 saturated heterocycles. The second-order valence-corrected chi connectivity index (χ2v) is 8.08. The third kappa shape index (κ3) is 3.58. The van der Waals surface area contributed by atoms with E-state index in [1.807, 2.05) is 0 Å². The molecule has 0 bridgehead atoms. The van der Waals surface area contributed by atoms with Crippen LogP contribution in [0.4, 0.5) is 5.69 Å². The maximum absolute atomic E-state index is 13.2. The van der Waals surface area contributed by atoms with Gasteiger partial charge in [0.2, 0.25) is 0 Å². The number of Topliss-reactive ketones (excluding diaryl/α,β-unsaturated/α-hetero) is 1. The molecule has 1 aromatic rings. The average molecular weight is 412 g/mol. The normalized spacial score (nSPS) is 22.0. The van der Waals surface area contributed by atoms with E-state index >= 15 is 0 Å². The molecular weight excluding hydrogens is 388 g/mol. The molecule has 8 heteroatoms. The molecule has 2 N–H and O–H groups in total. The molecule has 1 atom stereocenters. The number of nitro groups is 1. The average Bonchev–Trinajstić information content (AvgIpc) is 3.20. The van der Waals surface area contributed by atoms with E-state index in [0.717, 1.165) is 31.4 Å². The van der Waals surface area contributed by atoms with Gasteiger partial charge in [-0.05, 0) is 57.1 Å². The number of carbonyl (C=O) groups is 2. The highest BCUT2D eigenvalue weighted by molar-refractivity contribution is 6.03. The number of benzene rings is 1. The SMILES string of the molecule is CC1=C(C(=O)OC2CCCC2)[C@@H](c2ccc(O)c([N+](=O)[O-])c2)C2=C(CCCC2=O)N1. The first kappa shape index (κ1) is 20.1. The van der Waals surface area contributed by atoms with Crippen LogP contribution in [0.15, 0.2) is 40.7 Å². The molecule has 0 unspecified atom stereocenters. The Morgan fingerprint density at radius 3 is 2.67 bits per heavy atom. The largest absolute Gasteiger partial charge is 0.502 e. The van der Waals surface area contributed by atoms with E-state index in [9.17, 15) is 24.8 Å². The van der Waals surface area contributed by atoms with Crippen LogP contribution in [0.25, 0.3) is 0 Å². The van der Waals surface area contributed by atoms with Crippen LogP contribution >= 0.6 is 0 Å². The molecule has 3 aliphatic rings. The van der Waals surface area contributed by atoms with Gasteiger partial charge in [-0.2, -0.15) is 0 Å². The number of dihydropyridines is 1. The minimum absolute atomic E-state index is 0.0804. The van der Waals surface area contributed by atoms with Gasteiger partial charge >= 0.3 is 11.7 Å². The first-order valence-corrected chi connectivity index (χ1v) is 10.3. The van der Waals surface area contributed by atoms with Crippen molar-refractivity contribution in [3.63, 3.8) is 0 Å². The van der Waals surface area contributed by atoms with E-state index in [2.05, 4.69) is 5.32 Å². The summed E-state index contributed by atoms with van der Waals surface area (Å²) in [6.45, 7) is 1.76. The lowest BCUT2D eigenvalue weighted by Crippen LogP contribution is -2.35. The number of phenolic OH excluding ortho intramolecular Hbond substituents is 1. The number of carbonyl (C=O) groups excluding carboxylic acids is 2. The number of hydrogen-bond acceptors (Lipinski definition) is 7. The van der Waals surface area contributed by atoms with E-state index in [1.54, 1.807) is 6.92 Å². The molecule has 4 rings (SSSR count). The van der Waals surface area contributed by atoms with Crippen molar-refractivity contribution in [2.45, 2.75) is 63.9 Å². The Morgan fingerprint density at radius 1 is 1.23 bits per heavy atom. The smallest absolute Gasteiger partial charge is 0.337 e. The standard InChI is InChI=1S/C22H24N2O6/c1-12-19(22(27)30-14-5-2-3-6-14)20(21-15(23-12)7-4-8-18(21)26)13-9-10-17(25)16(11-13)24(28)29/h9-11,14,20,23,25H,2-8H2,1H3/t20-/m1/s1. The summed E-state index contributed by atoms with van der Waals surface area (Å²) < 4.78 is 5.74. The van der Waals surface area contributed by atoms with Crippen LogP contribution in [0.2, 0.25) is 0 Å². The van der Waals surface area contributed by atoms with Crippen molar-refractivity contribution in [1.29, 1.82) is 0 Å². The van der Waals surface area contributed by atoms with Gasteiger partial charge in [0.05, 0.1) is 10.5 Å². The predicted octanol–water partition coefficient (Wildman–Crippen LogP) is 3.75. The van der Waals surface area contributed by atoms with Gasteiger partial charge in [-0.1, -0.05) is 6.07 Å². The van der Waals surface area contributed by atoms with Crippen LogP contribution < -0.4 is 5.32 Å². The number of nitrogens with one attached hydrogen (secondary N) is 1. The van der Waals surface area contributed by atoms with E-state index in [4.69, 9.17) is 4.74 Å². The minimum Gasteiger partial charge on any atom is -0.502 e. The number of allylic oxidation sites excluding steroid dienone is 3. The second-order valence-electron chi connectivity index (χ2n) is 8.08. The lowest BCUT2D eigenvalue weighted by atomic mass is 9.75. The molecule has 0 amide bonds. The molecular formula is C22H24N2O6. The number of nitro benzene ring substituents is 1. The number of esters is 1. The first-order valence-electron chi connectivity index (χ1n) is 10.3. The van der Waals surface area contributed by atoms with Gasteiger partial charge in [-0.15, -0.1) is 0 Å². The van der Waals surface area contributed by atoms with Crippen molar-refractivity contribution in [3.8, 4) is 5.75 Å². The molecule has 1 fully saturated rings. The number of ether oxygens (including phenoxy) is 1. The fourth-order valence-electron chi connectivity index (χ4n) is 4.67. The second kappa shape index (κ2) is 7.93. The molecule has 1 aromatic carbocycles. The Bertz CT molecular complexity index is 987. The molecule has 8 nitrogen and oxygen atoms in total. The summed E-state index contributed by atoms with van der Waals surface area (Å²) in [5.41, 5.74) is 2.06. The van der Waals surface area contributed by atoms with Crippen molar-refractivity contribution in [2.75, 3.05) is 0 Å². The summed E-state index contributed by atoms with van der Waals surface area (Å²) in [4.78, 5) is 36.7. The maximum Gasteiger partial charge on any atom is 0.337 e. The van der Waals surface area contributed by atoms with Crippen LogP contribution in [-0.4, -0.2) is 27.9 Å². The number of rotatable bonds is 4. The van der Waals surface area contributed by atoms with E-state index in [1.165, 1.54) is 18.2 Å². The van der Waals surface area contributed by atoms with Crippen molar-refractivity contribution >= 4 is 17.4 Å². The Morgan fingerprint density at radius 2 is 1.97 bits per heavy atom. The fourth-order valence-corrected chi connectivity index (χ4v) is 4.67. The maximum atomic E-state index is 13.2. The molecule has 1 saturated carbocycles. The zero-order chi connectivity index (χ0) is 21.4. The third-order valence-corrected chi connectivity index (χ3v) is 6.10. The van der Waals surface area contributed by atoms with Crippen LogP contribution in [0, 0.1) is 10.1 Å². The molecule has 158 valence electrons. The number of hydrogen-bond donors (Lipinski definition) is 2. The Balaban J connectivity index is 1.81. The third-order valence-electron chi connectivity index (χ3n) is 6.10. The Hall–Kier alpha value is -3.16. The number of ketones is 1. The predicted molar refractivity (Wildman–Crippen MR) is 108 cm³/mol. The fraction of sp³-hybridized carbons (Fsp3) is 0.455. The summed E-state index contributed by atoms with van der Waals surface area (Å²) >= 11 is 0. The molecule has 1 aliphatic heterocycles. The summed E-state index contributed by atoms with van der Waals surface area (Å²) in [6.07, 6.45) is 5.24. The highest BCUT2D eigenvalue weighted by atomic mass is 16.6. The van der Waals surface area contributed by atoms with E-state index in [0.29, 0.717) is 41.7 Å². The summed E-state index contributed by atoms with van der Waals surface area (Å²) in [7, 11) is 0. The first-order chi connectivity index (χ1) is 14.4. The van der Waals surface area contributed by atoms with Gasteiger partial charge in [0, 0.05) is 35.4 Å². The van der Waals surface area contributed by atoms with Crippen molar-refractivity contribution in [1.82, 2.24) is 5.32 Å². The monoisotopic (exact) mass is 412 g/mol. The van der Waals surface area contributed by atoms with Gasteiger partial charge in [0.25, 0.3) is 0 Å². The lowest BCUT2D eigenvalue weighted by molar-refractivity contribution is -0.385. The highest BCUT2D eigenvalue weighted by Gasteiger charge is 2.40. The van der Waals surface area contributed by atoms with Gasteiger partial charge in [0.1, 0.15) is 6.10 Å². The quantitative estimate of drug-likeness (QED) is 0.439. The zero-order valence-electron chi connectivity index (χ0n) is 16.8. The van der Waals surface area contributed by atoms with Crippen LogP contribution in [-0.2, 0) is 14.3 Å². The summed E-state index contributed by atoms with van der Waals surface area (Å²) in [6, 6.07) is 4.01. The topological polar surface area (TPSA) is 119 Å². The van der Waals surface area contributed by atoms with Crippen molar-refractivity contribution in [2.24, 2.45) is 0 Å².